The van der Waals surface area contributed by atoms with E-state index >= 15 is 0 Å². The van der Waals surface area contributed by atoms with Crippen LogP contribution in [0.2, 0.25) is 0 Å². The predicted molar refractivity (Wildman–Crippen MR) is 73.8 cm³/mol. The fourth-order valence-corrected chi connectivity index (χ4v) is 4.16. The first-order valence-corrected chi connectivity index (χ1v) is 7.82. The van der Waals surface area contributed by atoms with Crippen LogP contribution in [0.25, 0.3) is 0 Å². The van der Waals surface area contributed by atoms with E-state index in [1.165, 1.54) is 6.42 Å². The van der Waals surface area contributed by atoms with Crippen LogP contribution in [-0.2, 0) is 9.53 Å². The number of amides is 1. The van der Waals surface area contributed by atoms with E-state index in [0.29, 0.717) is 35.9 Å². The predicted octanol–water partition coefficient (Wildman–Crippen LogP) is 1.40. The lowest BCUT2D eigenvalue weighted by molar-refractivity contribution is -0.137. The molecule has 3 aliphatic rings. The summed E-state index contributed by atoms with van der Waals surface area (Å²) in [6.45, 7) is 7.13. The molecule has 108 valence electrons. The van der Waals surface area contributed by atoms with Gasteiger partial charge in [0.05, 0.1) is 6.10 Å². The monoisotopic (exact) mass is 266 g/mol. The number of fused-ring (bicyclic) bond motifs is 1. The Balaban J connectivity index is 1.50. The van der Waals surface area contributed by atoms with Gasteiger partial charge in [-0.15, -0.1) is 0 Å². The highest BCUT2D eigenvalue weighted by Crippen LogP contribution is 2.37. The Morgan fingerprint density at radius 1 is 1.32 bits per heavy atom. The molecule has 1 aliphatic carbocycles. The van der Waals surface area contributed by atoms with E-state index in [0.717, 1.165) is 39.0 Å². The Bertz CT molecular complexity index is 341. The molecule has 4 heteroatoms. The van der Waals surface area contributed by atoms with Gasteiger partial charge in [-0.1, -0.05) is 0 Å². The van der Waals surface area contributed by atoms with Crippen LogP contribution in [0, 0.1) is 11.8 Å². The van der Waals surface area contributed by atoms with Crippen LogP contribution in [0.5, 0.6) is 0 Å². The van der Waals surface area contributed by atoms with Gasteiger partial charge in [0.25, 0.3) is 0 Å². The summed E-state index contributed by atoms with van der Waals surface area (Å²) in [5.41, 5.74) is 0. The minimum absolute atomic E-state index is 0.378. The summed E-state index contributed by atoms with van der Waals surface area (Å²) < 4.78 is 5.57. The molecule has 0 bridgehead atoms. The second-order valence-electron chi connectivity index (χ2n) is 6.49. The van der Waals surface area contributed by atoms with E-state index in [1.807, 2.05) is 6.92 Å². The van der Waals surface area contributed by atoms with E-state index in [1.54, 1.807) is 0 Å². The van der Waals surface area contributed by atoms with E-state index in [9.17, 15) is 4.79 Å². The highest BCUT2D eigenvalue weighted by Gasteiger charge is 2.44. The van der Waals surface area contributed by atoms with Gasteiger partial charge in [0.2, 0.25) is 5.91 Å². The molecular weight excluding hydrogens is 240 g/mol. The van der Waals surface area contributed by atoms with Gasteiger partial charge in [0, 0.05) is 38.2 Å². The van der Waals surface area contributed by atoms with E-state index < -0.39 is 0 Å². The number of ether oxygens (including phenoxy) is 1. The number of rotatable bonds is 4. The normalized spacial score (nSPS) is 41.2. The zero-order valence-electron chi connectivity index (χ0n) is 12.1. The van der Waals surface area contributed by atoms with Gasteiger partial charge in [-0.2, -0.15) is 0 Å². The first-order chi connectivity index (χ1) is 9.19. The number of hydrogen-bond acceptors (Lipinski definition) is 3. The third-order valence-electron chi connectivity index (χ3n) is 5.13. The Morgan fingerprint density at radius 3 is 2.84 bits per heavy atom. The molecule has 1 amide bonds. The zero-order valence-corrected chi connectivity index (χ0v) is 12.1. The van der Waals surface area contributed by atoms with E-state index in [-0.39, 0.29) is 0 Å². The Morgan fingerprint density at radius 2 is 2.11 bits per heavy atom. The summed E-state index contributed by atoms with van der Waals surface area (Å²) in [4.78, 5) is 14.7. The number of nitrogens with one attached hydrogen (secondary N) is 1. The summed E-state index contributed by atoms with van der Waals surface area (Å²) in [6.07, 6.45) is 4.48. The molecule has 1 N–H and O–H groups in total. The number of carbonyl (C=O) groups excluding carboxylic acids is 1. The van der Waals surface area contributed by atoms with Crippen molar-refractivity contribution in [2.75, 3.05) is 19.7 Å². The Hall–Kier alpha value is -0.610. The van der Waals surface area contributed by atoms with Crippen molar-refractivity contribution >= 4 is 5.91 Å². The van der Waals surface area contributed by atoms with Gasteiger partial charge in [-0.3, -0.25) is 4.79 Å². The van der Waals surface area contributed by atoms with Gasteiger partial charge < -0.3 is 15.0 Å². The van der Waals surface area contributed by atoms with Gasteiger partial charge in [-0.25, -0.2) is 0 Å². The van der Waals surface area contributed by atoms with Crippen LogP contribution < -0.4 is 5.32 Å². The fraction of sp³-hybridized carbons (Fsp3) is 0.933. The topological polar surface area (TPSA) is 41.6 Å². The molecule has 0 aromatic heterocycles. The van der Waals surface area contributed by atoms with Gasteiger partial charge in [0.1, 0.15) is 0 Å². The van der Waals surface area contributed by atoms with Crippen molar-refractivity contribution in [3.05, 3.63) is 0 Å². The van der Waals surface area contributed by atoms with Crippen LogP contribution in [0.3, 0.4) is 0 Å². The van der Waals surface area contributed by atoms with Crippen molar-refractivity contribution in [1.82, 2.24) is 10.2 Å². The van der Waals surface area contributed by atoms with E-state index in [4.69, 9.17) is 4.74 Å². The second-order valence-corrected chi connectivity index (χ2v) is 6.49. The summed E-state index contributed by atoms with van der Waals surface area (Å²) in [5, 5.41) is 3.42. The third-order valence-corrected chi connectivity index (χ3v) is 5.13. The Labute approximate surface area is 115 Å². The quantitative estimate of drug-likeness (QED) is 0.836. The maximum Gasteiger partial charge on any atom is 0.223 e. The molecule has 3 unspecified atom stereocenters. The molecule has 0 spiro atoms. The molecule has 3 fully saturated rings. The van der Waals surface area contributed by atoms with Crippen LogP contribution in [-0.4, -0.2) is 48.7 Å². The first kappa shape index (κ1) is 13.4. The van der Waals surface area contributed by atoms with Crippen LogP contribution in [0.15, 0.2) is 0 Å². The highest BCUT2D eigenvalue weighted by atomic mass is 16.5. The van der Waals surface area contributed by atoms with Gasteiger partial charge in [-0.05, 0) is 44.9 Å². The minimum Gasteiger partial charge on any atom is -0.378 e. The maximum absolute atomic E-state index is 12.5. The van der Waals surface area contributed by atoms with Crippen molar-refractivity contribution in [1.29, 1.82) is 0 Å². The smallest absolute Gasteiger partial charge is 0.223 e. The second kappa shape index (κ2) is 5.41. The molecule has 0 radical (unpaired) electrons. The number of likely N-dealkylation sites (tertiary alicyclic amines) is 1. The lowest BCUT2D eigenvalue weighted by atomic mass is 9.79. The van der Waals surface area contributed by atoms with Crippen molar-refractivity contribution in [3.63, 3.8) is 0 Å². The molecule has 0 aromatic rings. The Kier molecular flexibility index (Phi) is 3.81. The molecule has 2 heterocycles. The van der Waals surface area contributed by atoms with Crippen LogP contribution >= 0.6 is 0 Å². The summed E-state index contributed by atoms with van der Waals surface area (Å²) >= 11 is 0. The number of hydrogen-bond donors (Lipinski definition) is 1. The van der Waals surface area contributed by atoms with Crippen LogP contribution in [0.4, 0.5) is 0 Å². The molecule has 2 aliphatic heterocycles. The zero-order chi connectivity index (χ0) is 13.4. The summed E-state index contributed by atoms with van der Waals surface area (Å²) in [7, 11) is 0. The lowest BCUT2D eigenvalue weighted by Crippen LogP contribution is -2.45. The SMILES string of the molecule is CCOC1CC(CC(=O)N2C(C)CC3CNCC32)C1. The van der Waals surface area contributed by atoms with Crippen molar-refractivity contribution in [2.45, 2.75) is 57.7 Å². The number of nitrogens with zero attached hydrogens (tertiary/aromatic N) is 1. The van der Waals surface area contributed by atoms with Crippen LogP contribution in [0.1, 0.15) is 39.5 Å². The highest BCUT2D eigenvalue weighted by molar-refractivity contribution is 5.77. The molecular formula is C15H26N2O2. The maximum atomic E-state index is 12.5. The summed E-state index contributed by atoms with van der Waals surface area (Å²) in [6, 6.07) is 0.901. The van der Waals surface area contributed by atoms with Gasteiger partial charge >= 0.3 is 0 Å². The molecule has 3 rings (SSSR count). The van der Waals surface area contributed by atoms with Crippen molar-refractivity contribution in [3.8, 4) is 0 Å². The average molecular weight is 266 g/mol. The van der Waals surface area contributed by atoms with E-state index in [2.05, 4.69) is 17.1 Å². The lowest BCUT2D eigenvalue weighted by Gasteiger charge is -2.36. The molecule has 2 saturated heterocycles. The fourth-order valence-electron chi connectivity index (χ4n) is 4.16. The summed E-state index contributed by atoms with van der Waals surface area (Å²) in [5.74, 6) is 1.63. The average Bonchev–Trinajstić information content (AvgIpc) is 2.85. The standard InChI is InChI=1S/C15H26N2O2/c1-3-19-13-5-11(6-13)7-15(18)17-10(2)4-12-8-16-9-14(12)17/h10-14,16H,3-9H2,1-2H3. The largest absolute Gasteiger partial charge is 0.378 e. The number of carbonyl (C=O) groups is 1. The molecule has 19 heavy (non-hydrogen) atoms. The van der Waals surface area contributed by atoms with Crippen molar-refractivity contribution < 1.29 is 9.53 Å². The molecule has 4 nitrogen and oxygen atoms in total. The minimum atomic E-state index is 0.378. The van der Waals surface area contributed by atoms with Crippen molar-refractivity contribution in [2.24, 2.45) is 11.8 Å². The first-order valence-electron chi connectivity index (χ1n) is 7.82. The molecule has 3 atom stereocenters. The van der Waals surface area contributed by atoms with Gasteiger partial charge in [0.15, 0.2) is 0 Å². The third kappa shape index (κ3) is 2.52. The molecule has 1 saturated carbocycles. The molecule has 0 aromatic carbocycles.